The van der Waals surface area contributed by atoms with E-state index in [1.165, 1.54) is 32.5 Å². The van der Waals surface area contributed by atoms with Crippen molar-refractivity contribution in [3.8, 4) is 23.5 Å². The molecular weight excluding hydrogens is 391 g/mol. The van der Waals surface area contributed by atoms with Gasteiger partial charge < -0.3 is 19.1 Å². The van der Waals surface area contributed by atoms with Gasteiger partial charge >= 0.3 is 6.01 Å². The average molecular weight is 412 g/mol. The largest absolute Gasteiger partial charge is 0.477 e. The van der Waals surface area contributed by atoms with Gasteiger partial charge in [-0.25, -0.2) is 9.37 Å². The van der Waals surface area contributed by atoms with Gasteiger partial charge in [0.25, 0.3) is 5.88 Å². The molecule has 0 aliphatic carbocycles. The second-order valence-electron chi connectivity index (χ2n) is 6.76. The van der Waals surface area contributed by atoms with Crippen molar-refractivity contribution in [2.24, 2.45) is 0 Å². The molecule has 0 N–H and O–H groups in total. The Balaban J connectivity index is 1.54. The molecule has 1 saturated heterocycles. The van der Waals surface area contributed by atoms with Crippen LogP contribution in [-0.4, -0.2) is 52.5 Å². The Bertz CT molecular complexity index is 1020. The molecule has 2 aromatic heterocycles. The molecule has 9 nitrogen and oxygen atoms in total. The van der Waals surface area contributed by atoms with Gasteiger partial charge in [-0.05, 0) is 25.0 Å². The number of rotatable bonds is 6. The Morgan fingerprint density at radius 3 is 2.80 bits per heavy atom. The van der Waals surface area contributed by atoms with Crippen LogP contribution in [-0.2, 0) is 0 Å². The van der Waals surface area contributed by atoms with E-state index >= 15 is 0 Å². The monoisotopic (exact) mass is 412 g/mol. The number of methoxy groups -OCH3 is 2. The first-order valence-electron chi connectivity index (χ1n) is 9.49. The summed E-state index contributed by atoms with van der Waals surface area (Å²) in [7, 11) is 3.02. The van der Waals surface area contributed by atoms with E-state index in [0.717, 1.165) is 25.1 Å². The van der Waals surface area contributed by atoms with Crippen molar-refractivity contribution < 1.29 is 18.6 Å². The van der Waals surface area contributed by atoms with E-state index in [4.69, 9.17) is 14.2 Å². The Labute approximate surface area is 172 Å². The molecule has 0 spiro atoms. The summed E-state index contributed by atoms with van der Waals surface area (Å²) in [5.74, 6) is 1.34. The van der Waals surface area contributed by atoms with E-state index in [-0.39, 0.29) is 17.7 Å². The van der Waals surface area contributed by atoms with Crippen molar-refractivity contribution in [1.82, 2.24) is 25.1 Å². The maximum atomic E-state index is 13.4. The van der Waals surface area contributed by atoms with E-state index in [1.807, 2.05) is 0 Å². The van der Waals surface area contributed by atoms with Crippen LogP contribution >= 0.6 is 0 Å². The van der Waals surface area contributed by atoms with Crippen LogP contribution in [0.2, 0.25) is 0 Å². The summed E-state index contributed by atoms with van der Waals surface area (Å²) in [5.41, 5.74) is 0.793. The topological polar surface area (TPSA) is 95.4 Å². The van der Waals surface area contributed by atoms with E-state index < -0.39 is 0 Å². The molecule has 1 aromatic carbocycles. The molecule has 10 heteroatoms. The van der Waals surface area contributed by atoms with Gasteiger partial charge in [0, 0.05) is 31.3 Å². The van der Waals surface area contributed by atoms with E-state index in [1.54, 1.807) is 18.3 Å². The average Bonchev–Trinajstić information content (AvgIpc) is 2.79. The number of ether oxygens (including phenoxy) is 3. The summed E-state index contributed by atoms with van der Waals surface area (Å²) in [4.78, 5) is 15.3. The van der Waals surface area contributed by atoms with E-state index in [2.05, 4.69) is 30.0 Å². The fraction of sp³-hybridized carbons (Fsp3) is 0.350. The van der Waals surface area contributed by atoms with Crippen LogP contribution in [0.1, 0.15) is 24.5 Å². The predicted octanol–water partition coefficient (Wildman–Crippen LogP) is 2.99. The van der Waals surface area contributed by atoms with Gasteiger partial charge in [-0.1, -0.05) is 11.2 Å². The van der Waals surface area contributed by atoms with Gasteiger partial charge in [-0.3, -0.25) is 4.98 Å². The molecule has 0 bridgehead atoms. The van der Waals surface area contributed by atoms with Crippen molar-refractivity contribution in [3.05, 3.63) is 48.2 Å². The summed E-state index contributed by atoms with van der Waals surface area (Å²) in [5, 5.41) is 7.89. The van der Waals surface area contributed by atoms with Crippen molar-refractivity contribution in [2.45, 2.75) is 18.8 Å². The minimum absolute atomic E-state index is 0.105. The molecule has 1 atom stereocenters. The molecule has 4 rings (SSSR count). The first kappa shape index (κ1) is 19.7. The first-order chi connectivity index (χ1) is 14.7. The number of halogens is 1. The normalized spacial score (nSPS) is 16.2. The molecule has 0 amide bonds. The summed E-state index contributed by atoms with van der Waals surface area (Å²) >= 11 is 0. The smallest absolute Gasteiger partial charge is 0.337 e. The maximum Gasteiger partial charge on any atom is 0.337 e. The van der Waals surface area contributed by atoms with Crippen LogP contribution in [0.5, 0.6) is 23.5 Å². The summed E-state index contributed by atoms with van der Waals surface area (Å²) in [6.45, 7) is 1.44. The maximum absolute atomic E-state index is 13.4. The second kappa shape index (κ2) is 8.85. The highest BCUT2D eigenvalue weighted by atomic mass is 19.1. The fourth-order valence-electron chi connectivity index (χ4n) is 3.39. The van der Waals surface area contributed by atoms with E-state index in [0.29, 0.717) is 29.9 Å². The lowest BCUT2D eigenvalue weighted by Gasteiger charge is -2.33. The lowest BCUT2D eigenvalue weighted by Crippen LogP contribution is -2.35. The molecule has 1 aliphatic heterocycles. The van der Waals surface area contributed by atoms with Gasteiger partial charge in [-0.15, -0.1) is 5.10 Å². The number of nitrogens with zero attached hydrogens (tertiary/aromatic N) is 6. The number of benzene rings is 1. The van der Waals surface area contributed by atoms with Crippen molar-refractivity contribution in [2.75, 3.05) is 32.2 Å². The number of piperidine rings is 1. The number of aromatic nitrogens is 5. The molecule has 30 heavy (non-hydrogen) atoms. The van der Waals surface area contributed by atoms with Gasteiger partial charge in [0.05, 0.1) is 26.1 Å². The zero-order valence-corrected chi connectivity index (χ0v) is 16.7. The minimum atomic E-state index is -0.373. The zero-order chi connectivity index (χ0) is 20.9. The highest BCUT2D eigenvalue weighted by molar-refractivity contribution is 5.49. The molecule has 1 unspecified atom stereocenters. The van der Waals surface area contributed by atoms with Gasteiger partial charge in [0.15, 0.2) is 5.82 Å². The Morgan fingerprint density at radius 2 is 2.00 bits per heavy atom. The lowest BCUT2D eigenvalue weighted by molar-refractivity contribution is 0.349. The van der Waals surface area contributed by atoms with Gasteiger partial charge in [-0.2, -0.15) is 4.98 Å². The molecule has 0 radical (unpaired) electrons. The molecule has 156 valence electrons. The van der Waals surface area contributed by atoms with Crippen LogP contribution in [0.15, 0.2) is 36.7 Å². The van der Waals surface area contributed by atoms with E-state index in [9.17, 15) is 4.39 Å². The summed E-state index contributed by atoms with van der Waals surface area (Å²) in [6.07, 6.45) is 5.10. The highest BCUT2D eigenvalue weighted by Crippen LogP contribution is 2.33. The Kier molecular flexibility index (Phi) is 5.82. The molecule has 1 aliphatic rings. The van der Waals surface area contributed by atoms with Crippen molar-refractivity contribution in [1.29, 1.82) is 0 Å². The van der Waals surface area contributed by atoms with Crippen LogP contribution in [0.25, 0.3) is 0 Å². The standard InChI is InChI=1S/C20H21FN6O3/c1-28-19-18(24-20(29-2)26-25-19)27-8-4-5-13(12-27)16-10-22-11-17(23-16)30-15-7-3-6-14(21)9-15/h3,6-7,9-11,13H,4-5,8,12H2,1-2H3. The molecule has 1 fully saturated rings. The third-order valence-electron chi connectivity index (χ3n) is 4.78. The first-order valence-corrected chi connectivity index (χ1v) is 9.49. The number of anilines is 1. The third-order valence-corrected chi connectivity index (χ3v) is 4.78. The van der Waals surface area contributed by atoms with Crippen LogP contribution in [0.3, 0.4) is 0 Å². The van der Waals surface area contributed by atoms with Gasteiger partial charge in [0.1, 0.15) is 11.6 Å². The van der Waals surface area contributed by atoms with Crippen molar-refractivity contribution in [3.63, 3.8) is 0 Å². The second-order valence-corrected chi connectivity index (χ2v) is 6.76. The molecule has 0 saturated carbocycles. The van der Waals surface area contributed by atoms with Gasteiger partial charge in [0.2, 0.25) is 5.88 Å². The summed E-state index contributed by atoms with van der Waals surface area (Å²) in [6, 6.07) is 6.09. The molecule has 3 aromatic rings. The van der Waals surface area contributed by atoms with Crippen LogP contribution < -0.4 is 19.1 Å². The Hall–Kier alpha value is -3.56. The van der Waals surface area contributed by atoms with Crippen molar-refractivity contribution >= 4 is 5.82 Å². The highest BCUT2D eigenvalue weighted by Gasteiger charge is 2.27. The third kappa shape index (κ3) is 4.37. The number of hydrogen-bond donors (Lipinski definition) is 0. The van der Waals surface area contributed by atoms with Crippen LogP contribution in [0, 0.1) is 5.82 Å². The quantitative estimate of drug-likeness (QED) is 0.605. The Morgan fingerprint density at radius 1 is 1.10 bits per heavy atom. The lowest BCUT2D eigenvalue weighted by atomic mass is 9.95. The SMILES string of the molecule is COc1nnc(OC)c(N2CCCC(c3cncc(Oc4cccc(F)c4)n3)C2)n1. The van der Waals surface area contributed by atoms with Crippen LogP contribution in [0.4, 0.5) is 10.2 Å². The fourth-order valence-corrected chi connectivity index (χ4v) is 3.39. The summed E-state index contributed by atoms with van der Waals surface area (Å²) < 4.78 is 29.5. The minimum Gasteiger partial charge on any atom is -0.477 e. The molecular formula is C20H21FN6O3. The zero-order valence-electron chi connectivity index (χ0n) is 16.7. The predicted molar refractivity (Wildman–Crippen MR) is 106 cm³/mol. The molecule has 3 heterocycles. The number of hydrogen-bond acceptors (Lipinski definition) is 9.